The molecule has 0 radical (unpaired) electrons. The van der Waals surface area contributed by atoms with E-state index in [0.717, 1.165) is 68.6 Å². The first kappa shape index (κ1) is 22.6. The van der Waals surface area contributed by atoms with E-state index in [2.05, 4.69) is 27.1 Å². The molecule has 5 rings (SSSR count). The predicted octanol–water partition coefficient (Wildman–Crippen LogP) is 2.88. The Labute approximate surface area is 200 Å². The van der Waals surface area contributed by atoms with Crippen LogP contribution in [0.2, 0.25) is 0 Å². The Morgan fingerprint density at radius 1 is 0.941 bits per heavy atom. The third-order valence-electron chi connectivity index (χ3n) is 7.30. The van der Waals surface area contributed by atoms with Crippen LogP contribution >= 0.6 is 0 Å². The first-order valence-corrected chi connectivity index (χ1v) is 12.2. The highest BCUT2D eigenvalue weighted by atomic mass is 16.2. The Bertz CT molecular complexity index is 1130. The van der Waals surface area contributed by atoms with Gasteiger partial charge in [0.25, 0.3) is 5.91 Å². The van der Waals surface area contributed by atoms with Crippen molar-refractivity contribution in [3.63, 3.8) is 0 Å². The molecule has 0 spiro atoms. The van der Waals surface area contributed by atoms with Gasteiger partial charge in [0.15, 0.2) is 0 Å². The quantitative estimate of drug-likeness (QED) is 0.616. The highest BCUT2D eigenvalue weighted by Crippen LogP contribution is 2.23. The molecule has 34 heavy (non-hydrogen) atoms. The van der Waals surface area contributed by atoms with Gasteiger partial charge in [0, 0.05) is 62.6 Å². The molecule has 0 saturated carbocycles. The number of hydrogen-bond acceptors (Lipinski definition) is 4. The number of nitrogens with zero attached hydrogens (tertiary/aromatic N) is 3. The van der Waals surface area contributed by atoms with E-state index in [1.165, 1.54) is 0 Å². The normalized spacial score (nSPS) is 19.3. The molecule has 0 aliphatic carbocycles. The molecule has 2 aromatic carbocycles. The van der Waals surface area contributed by atoms with Gasteiger partial charge < -0.3 is 20.1 Å². The summed E-state index contributed by atoms with van der Waals surface area (Å²) in [6.45, 7) is 5.87. The molecule has 2 fully saturated rings. The first-order valence-electron chi connectivity index (χ1n) is 12.2. The molecule has 2 aliphatic rings. The summed E-state index contributed by atoms with van der Waals surface area (Å²) in [5.41, 5.74) is 2.25. The van der Waals surface area contributed by atoms with Crippen LogP contribution in [0.15, 0.2) is 60.8 Å². The lowest BCUT2D eigenvalue weighted by atomic mass is 9.99. The maximum Gasteiger partial charge on any atom is 0.252 e. The summed E-state index contributed by atoms with van der Waals surface area (Å²) in [5, 5.41) is 4.07. The lowest BCUT2D eigenvalue weighted by Gasteiger charge is -2.42. The minimum absolute atomic E-state index is 0.0303. The van der Waals surface area contributed by atoms with Crippen molar-refractivity contribution in [3.05, 3.63) is 71.9 Å². The van der Waals surface area contributed by atoms with Gasteiger partial charge in [-0.05, 0) is 49.0 Å². The highest BCUT2D eigenvalue weighted by Gasteiger charge is 2.33. The fourth-order valence-electron chi connectivity index (χ4n) is 5.16. The van der Waals surface area contributed by atoms with Crippen molar-refractivity contribution < 1.29 is 9.59 Å². The van der Waals surface area contributed by atoms with Crippen LogP contribution in [0.4, 0.5) is 0 Å². The Morgan fingerprint density at radius 2 is 1.68 bits per heavy atom. The van der Waals surface area contributed by atoms with E-state index in [4.69, 9.17) is 0 Å². The Balaban J connectivity index is 1.28. The van der Waals surface area contributed by atoms with E-state index in [1.807, 2.05) is 59.6 Å². The number of benzene rings is 2. The zero-order chi connectivity index (χ0) is 23.5. The van der Waals surface area contributed by atoms with Crippen LogP contribution in [0.25, 0.3) is 10.9 Å². The van der Waals surface area contributed by atoms with Crippen LogP contribution in [0.3, 0.4) is 0 Å². The van der Waals surface area contributed by atoms with Crippen molar-refractivity contribution in [1.29, 1.82) is 0 Å². The van der Waals surface area contributed by atoms with E-state index in [9.17, 15) is 9.59 Å². The number of aromatic amines is 1. The fourth-order valence-corrected chi connectivity index (χ4v) is 5.16. The number of piperidine rings is 1. The molecule has 7 nitrogen and oxygen atoms in total. The van der Waals surface area contributed by atoms with Crippen molar-refractivity contribution in [2.24, 2.45) is 0 Å². The van der Waals surface area contributed by atoms with Crippen molar-refractivity contribution in [1.82, 2.24) is 25.0 Å². The number of fused-ring (bicyclic) bond motifs is 1. The average molecular weight is 460 g/mol. The minimum atomic E-state index is -0.701. The molecule has 0 unspecified atom stereocenters. The van der Waals surface area contributed by atoms with E-state index in [-0.39, 0.29) is 11.8 Å². The molecule has 2 saturated heterocycles. The zero-order valence-corrected chi connectivity index (χ0v) is 19.7. The molecule has 3 aromatic rings. The Hall–Kier alpha value is -3.16. The topological polar surface area (TPSA) is 71.7 Å². The summed E-state index contributed by atoms with van der Waals surface area (Å²) >= 11 is 0. The molecule has 178 valence electrons. The lowest BCUT2D eigenvalue weighted by molar-refractivity contribution is -0.135. The number of likely N-dealkylation sites (N-methyl/N-ethyl adjacent to an activating group) is 1. The minimum Gasteiger partial charge on any atom is -0.361 e. The van der Waals surface area contributed by atoms with Crippen LogP contribution in [0, 0.1) is 0 Å². The van der Waals surface area contributed by atoms with Crippen LogP contribution in [0.5, 0.6) is 0 Å². The van der Waals surface area contributed by atoms with Crippen molar-refractivity contribution in [2.45, 2.75) is 24.9 Å². The molecule has 1 aromatic heterocycles. The van der Waals surface area contributed by atoms with E-state index in [1.54, 1.807) is 6.07 Å². The van der Waals surface area contributed by atoms with Crippen LogP contribution in [-0.2, 0) is 4.79 Å². The number of rotatable bonds is 5. The number of amides is 2. The second kappa shape index (κ2) is 9.99. The lowest BCUT2D eigenvalue weighted by Crippen LogP contribution is -2.54. The number of H-pyrrole nitrogens is 1. The third kappa shape index (κ3) is 4.86. The Morgan fingerprint density at radius 3 is 2.41 bits per heavy atom. The summed E-state index contributed by atoms with van der Waals surface area (Å²) in [6.07, 6.45) is 3.82. The molecule has 1 atom stereocenters. The van der Waals surface area contributed by atoms with Gasteiger partial charge in [0.1, 0.15) is 6.04 Å². The van der Waals surface area contributed by atoms with E-state index >= 15 is 0 Å². The summed E-state index contributed by atoms with van der Waals surface area (Å²) in [6, 6.07) is 16.9. The standard InChI is InChI=1S/C27H33N5O2/c1-30-15-17-31(18-16-30)23-10-13-32(14-11-23)27(34)25(21-5-3-2-4-6-21)29-26(33)22-8-7-20-9-12-28-24(20)19-22/h2-9,12,19,23,25,28H,10-11,13-18H2,1H3,(H,29,33)/t25-/m1/s1. The van der Waals surface area contributed by atoms with E-state index < -0.39 is 6.04 Å². The molecule has 2 aliphatic heterocycles. The molecule has 7 heteroatoms. The summed E-state index contributed by atoms with van der Waals surface area (Å²) in [5.74, 6) is -0.275. The van der Waals surface area contributed by atoms with Crippen LogP contribution in [-0.4, -0.2) is 83.9 Å². The van der Waals surface area contributed by atoms with Crippen molar-refractivity contribution >= 4 is 22.7 Å². The molecule has 3 heterocycles. The maximum absolute atomic E-state index is 13.6. The smallest absolute Gasteiger partial charge is 0.252 e. The fraction of sp³-hybridized carbons (Fsp3) is 0.407. The summed E-state index contributed by atoms with van der Waals surface area (Å²) < 4.78 is 0. The molecular formula is C27H33N5O2. The second-order valence-electron chi connectivity index (χ2n) is 9.49. The molecule has 2 amide bonds. The summed E-state index contributed by atoms with van der Waals surface area (Å²) in [7, 11) is 2.17. The number of hydrogen-bond donors (Lipinski definition) is 2. The van der Waals surface area contributed by atoms with Crippen LogP contribution < -0.4 is 5.32 Å². The molecule has 2 N–H and O–H groups in total. The monoisotopic (exact) mass is 459 g/mol. The van der Waals surface area contributed by atoms with Crippen LogP contribution in [0.1, 0.15) is 34.8 Å². The van der Waals surface area contributed by atoms with Gasteiger partial charge in [-0.25, -0.2) is 0 Å². The van der Waals surface area contributed by atoms with Crippen molar-refractivity contribution in [2.75, 3.05) is 46.3 Å². The number of likely N-dealkylation sites (tertiary alicyclic amines) is 1. The van der Waals surface area contributed by atoms with Gasteiger partial charge in [-0.2, -0.15) is 0 Å². The number of aromatic nitrogens is 1. The van der Waals surface area contributed by atoms with Gasteiger partial charge in [-0.15, -0.1) is 0 Å². The van der Waals surface area contributed by atoms with Gasteiger partial charge >= 0.3 is 0 Å². The van der Waals surface area contributed by atoms with Gasteiger partial charge in [0.2, 0.25) is 5.91 Å². The number of nitrogens with one attached hydrogen (secondary N) is 2. The van der Waals surface area contributed by atoms with E-state index in [0.29, 0.717) is 11.6 Å². The third-order valence-corrected chi connectivity index (χ3v) is 7.30. The van der Waals surface area contributed by atoms with Gasteiger partial charge in [-0.3, -0.25) is 14.5 Å². The van der Waals surface area contributed by atoms with Crippen molar-refractivity contribution in [3.8, 4) is 0 Å². The molecule has 0 bridgehead atoms. The zero-order valence-electron chi connectivity index (χ0n) is 19.7. The van der Waals surface area contributed by atoms with Gasteiger partial charge in [-0.1, -0.05) is 36.4 Å². The highest BCUT2D eigenvalue weighted by molar-refractivity contribution is 6.00. The number of carbonyl (C=O) groups is 2. The Kier molecular flexibility index (Phi) is 6.65. The second-order valence-corrected chi connectivity index (χ2v) is 9.49. The number of carbonyl (C=O) groups excluding carboxylic acids is 2. The summed E-state index contributed by atoms with van der Waals surface area (Å²) in [4.78, 5) is 36.8. The van der Waals surface area contributed by atoms with Gasteiger partial charge in [0.05, 0.1) is 0 Å². The first-order chi connectivity index (χ1) is 16.6. The average Bonchev–Trinajstić information content (AvgIpc) is 3.36. The number of piperazine rings is 1. The SMILES string of the molecule is CN1CCN(C2CCN(C(=O)[C@H](NC(=O)c3ccc4cc[nH]c4c3)c3ccccc3)CC2)CC1. The predicted molar refractivity (Wildman–Crippen MR) is 134 cm³/mol. The largest absolute Gasteiger partial charge is 0.361 e. The maximum atomic E-state index is 13.6. The molecular weight excluding hydrogens is 426 g/mol.